The van der Waals surface area contributed by atoms with Crippen LogP contribution in [0.15, 0.2) is 60.7 Å². The predicted molar refractivity (Wildman–Crippen MR) is 92.8 cm³/mol. The van der Waals surface area contributed by atoms with Crippen molar-refractivity contribution in [2.24, 2.45) is 0 Å². The topological polar surface area (TPSA) is 59.1 Å². The van der Waals surface area contributed by atoms with Crippen LogP contribution in [0.3, 0.4) is 0 Å². The lowest BCUT2D eigenvalue weighted by Gasteiger charge is -2.10. The van der Waals surface area contributed by atoms with Crippen LogP contribution in [0.4, 0.5) is 23.1 Å². The highest BCUT2D eigenvalue weighted by molar-refractivity contribution is 5.61. The number of anilines is 4. The van der Waals surface area contributed by atoms with Crippen molar-refractivity contribution in [2.45, 2.75) is 6.92 Å². The molecule has 0 fully saturated rings. The lowest BCUT2D eigenvalue weighted by atomic mass is 10.3. The van der Waals surface area contributed by atoms with Crippen LogP contribution in [-0.2, 0) is 0 Å². The fourth-order valence-corrected chi connectivity index (χ4v) is 2.19. The van der Waals surface area contributed by atoms with E-state index in [1.165, 1.54) is 0 Å². The quantitative estimate of drug-likeness (QED) is 0.736. The molecule has 0 saturated carbocycles. The summed E-state index contributed by atoms with van der Waals surface area (Å²) in [4.78, 5) is 8.92. The zero-order valence-corrected chi connectivity index (χ0v) is 13.1. The van der Waals surface area contributed by atoms with Crippen molar-refractivity contribution in [3.05, 3.63) is 66.4 Å². The highest BCUT2D eigenvalue weighted by Gasteiger charge is 2.04. The number of hydrogen-bond acceptors (Lipinski definition) is 5. The summed E-state index contributed by atoms with van der Waals surface area (Å²) in [6.07, 6.45) is 0. The van der Waals surface area contributed by atoms with Crippen molar-refractivity contribution >= 4 is 23.1 Å². The first-order valence-electron chi connectivity index (χ1n) is 7.32. The lowest BCUT2D eigenvalue weighted by molar-refractivity contribution is 0.415. The number of benzene rings is 2. The van der Waals surface area contributed by atoms with E-state index in [9.17, 15) is 0 Å². The summed E-state index contributed by atoms with van der Waals surface area (Å²) in [5.41, 5.74) is 2.74. The molecular formula is C18H18N4O. The number of para-hydroxylation sites is 1. The number of ether oxygens (including phenoxy) is 1. The maximum atomic E-state index is 5.23. The summed E-state index contributed by atoms with van der Waals surface area (Å²) < 4.78 is 5.23. The Hall–Kier alpha value is -3.08. The zero-order valence-electron chi connectivity index (χ0n) is 13.1. The molecule has 0 saturated heterocycles. The Morgan fingerprint density at radius 2 is 1.61 bits per heavy atom. The normalized spacial score (nSPS) is 10.2. The van der Waals surface area contributed by atoms with Crippen LogP contribution in [0.1, 0.15) is 5.69 Å². The van der Waals surface area contributed by atoms with Gasteiger partial charge in [0.2, 0.25) is 5.95 Å². The highest BCUT2D eigenvalue weighted by atomic mass is 16.5. The minimum Gasteiger partial charge on any atom is -0.497 e. The monoisotopic (exact) mass is 306 g/mol. The average Bonchev–Trinajstić information content (AvgIpc) is 2.55. The number of aryl methyl sites for hydroxylation is 1. The number of hydrogen-bond donors (Lipinski definition) is 2. The van der Waals surface area contributed by atoms with Gasteiger partial charge in [0.1, 0.15) is 11.6 Å². The SMILES string of the molecule is COc1cccc(Nc2cc(C)nc(Nc3ccccc3)n2)c1. The minimum atomic E-state index is 0.557. The van der Waals surface area contributed by atoms with E-state index in [1.807, 2.05) is 67.6 Å². The number of nitrogens with zero attached hydrogens (tertiary/aromatic N) is 2. The van der Waals surface area contributed by atoms with Crippen LogP contribution in [-0.4, -0.2) is 17.1 Å². The number of aromatic nitrogens is 2. The smallest absolute Gasteiger partial charge is 0.229 e. The Morgan fingerprint density at radius 1 is 0.826 bits per heavy atom. The highest BCUT2D eigenvalue weighted by Crippen LogP contribution is 2.22. The van der Waals surface area contributed by atoms with Gasteiger partial charge in [0.15, 0.2) is 0 Å². The standard InChI is InChI=1S/C18H18N4O/c1-13-11-17(20-15-9-6-10-16(12-15)23-2)22-18(19-13)21-14-7-4-3-5-8-14/h3-12H,1-2H3,(H2,19,20,21,22). The molecule has 23 heavy (non-hydrogen) atoms. The molecule has 1 aromatic heterocycles. The largest absolute Gasteiger partial charge is 0.497 e. The van der Waals surface area contributed by atoms with Crippen LogP contribution in [0.2, 0.25) is 0 Å². The first-order valence-corrected chi connectivity index (χ1v) is 7.32. The van der Waals surface area contributed by atoms with Crippen LogP contribution in [0.25, 0.3) is 0 Å². The fraction of sp³-hybridized carbons (Fsp3) is 0.111. The molecule has 5 heteroatoms. The van der Waals surface area contributed by atoms with Gasteiger partial charge in [-0.05, 0) is 31.2 Å². The first-order chi connectivity index (χ1) is 11.2. The summed E-state index contributed by atoms with van der Waals surface area (Å²) in [7, 11) is 1.65. The summed E-state index contributed by atoms with van der Waals surface area (Å²) in [6.45, 7) is 1.94. The van der Waals surface area contributed by atoms with Gasteiger partial charge in [0, 0.05) is 29.2 Å². The van der Waals surface area contributed by atoms with Gasteiger partial charge in [-0.3, -0.25) is 0 Å². The summed E-state index contributed by atoms with van der Waals surface area (Å²) in [6, 6.07) is 19.5. The first kappa shape index (κ1) is 14.8. The van der Waals surface area contributed by atoms with Gasteiger partial charge in [-0.15, -0.1) is 0 Å². The van der Waals surface area contributed by atoms with Crippen LogP contribution >= 0.6 is 0 Å². The second-order valence-electron chi connectivity index (χ2n) is 5.07. The molecule has 2 aromatic carbocycles. The zero-order chi connectivity index (χ0) is 16.1. The molecule has 0 spiro atoms. The Bertz CT molecular complexity index is 790. The molecule has 0 unspecified atom stereocenters. The van der Waals surface area contributed by atoms with E-state index < -0.39 is 0 Å². The van der Waals surface area contributed by atoms with Crippen molar-refractivity contribution in [3.8, 4) is 5.75 Å². The van der Waals surface area contributed by atoms with Gasteiger partial charge in [0.05, 0.1) is 7.11 Å². The van der Waals surface area contributed by atoms with Crippen molar-refractivity contribution in [2.75, 3.05) is 17.7 Å². The molecule has 0 aliphatic carbocycles. The van der Waals surface area contributed by atoms with Crippen molar-refractivity contribution in [3.63, 3.8) is 0 Å². The van der Waals surface area contributed by atoms with E-state index in [2.05, 4.69) is 20.6 Å². The maximum Gasteiger partial charge on any atom is 0.229 e. The van der Waals surface area contributed by atoms with Crippen LogP contribution in [0, 0.1) is 6.92 Å². The second kappa shape index (κ2) is 6.79. The molecule has 5 nitrogen and oxygen atoms in total. The average molecular weight is 306 g/mol. The van der Waals surface area contributed by atoms with E-state index in [0.717, 1.165) is 28.6 Å². The molecule has 1 heterocycles. The van der Waals surface area contributed by atoms with Crippen LogP contribution in [0.5, 0.6) is 5.75 Å². The maximum absolute atomic E-state index is 5.23. The van der Waals surface area contributed by atoms with Crippen LogP contribution < -0.4 is 15.4 Å². The molecule has 0 aliphatic rings. The Morgan fingerprint density at radius 3 is 2.39 bits per heavy atom. The molecular weight excluding hydrogens is 288 g/mol. The molecule has 0 radical (unpaired) electrons. The third kappa shape index (κ3) is 3.97. The third-order valence-corrected chi connectivity index (χ3v) is 3.23. The minimum absolute atomic E-state index is 0.557. The molecule has 3 rings (SSSR count). The Kier molecular flexibility index (Phi) is 4.38. The summed E-state index contributed by atoms with van der Waals surface area (Å²) >= 11 is 0. The molecule has 3 aromatic rings. The molecule has 0 aliphatic heterocycles. The van der Waals surface area contributed by atoms with Gasteiger partial charge in [-0.25, -0.2) is 4.98 Å². The van der Waals surface area contributed by atoms with Gasteiger partial charge < -0.3 is 15.4 Å². The summed E-state index contributed by atoms with van der Waals surface area (Å²) in [5, 5.41) is 6.48. The van der Waals surface area contributed by atoms with Gasteiger partial charge in [-0.2, -0.15) is 4.98 Å². The van der Waals surface area contributed by atoms with Gasteiger partial charge in [-0.1, -0.05) is 24.3 Å². The van der Waals surface area contributed by atoms with Crippen molar-refractivity contribution in [1.82, 2.24) is 9.97 Å². The molecule has 2 N–H and O–H groups in total. The molecule has 0 bridgehead atoms. The predicted octanol–water partition coefficient (Wildman–Crippen LogP) is 4.28. The lowest BCUT2D eigenvalue weighted by Crippen LogP contribution is -2.02. The number of methoxy groups -OCH3 is 1. The second-order valence-corrected chi connectivity index (χ2v) is 5.07. The van der Waals surface area contributed by atoms with Gasteiger partial charge in [0.25, 0.3) is 0 Å². The third-order valence-electron chi connectivity index (χ3n) is 3.23. The summed E-state index contributed by atoms with van der Waals surface area (Å²) in [5.74, 6) is 2.08. The Labute approximate surface area is 135 Å². The van der Waals surface area contributed by atoms with Crippen molar-refractivity contribution in [1.29, 1.82) is 0 Å². The van der Waals surface area contributed by atoms with E-state index in [1.54, 1.807) is 7.11 Å². The fourth-order valence-electron chi connectivity index (χ4n) is 2.19. The van der Waals surface area contributed by atoms with Crippen molar-refractivity contribution < 1.29 is 4.74 Å². The van der Waals surface area contributed by atoms with E-state index >= 15 is 0 Å². The number of nitrogens with one attached hydrogen (secondary N) is 2. The van der Waals surface area contributed by atoms with E-state index in [0.29, 0.717) is 5.95 Å². The number of rotatable bonds is 5. The Balaban J connectivity index is 1.82. The molecule has 0 atom stereocenters. The molecule has 116 valence electrons. The molecule has 0 amide bonds. The van der Waals surface area contributed by atoms with E-state index in [4.69, 9.17) is 4.74 Å². The van der Waals surface area contributed by atoms with E-state index in [-0.39, 0.29) is 0 Å². The van der Waals surface area contributed by atoms with Gasteiger partial charge >= 0.3 is 0 Å².